The number of hydrazone groups is 1. The molecule has 7 nitrogen and oxygen atoms in total. The number of carbonyl (C=O) groups excluding carboxylic acids is 2. The minimum Gasteiger partial charge on any atom is -0.364 e. The first-order valence-corrected chi connectivity index (χ1v) is 8.52. The van der Waals surface area contributed by atoms with E-state index < -0.39 is 11.8 Å². The van der Waals surface area contributed by atoms with Gasteiger partial charge in [0.05, 0.1) is 17.3 Å². The van der Waals surface area contributed by atoms with Gasteiger partial charge in [0, 0.05) is 13.5 Å². The summed E-state index contributed by atoms with van der Waals surface area (Å²) in [5, 5.41) is 13.7. The molecule has 2 amide bonds. The van der Waals surface area contributed by atoms with E-state index in [1.54, 1.807) is 0 Å². The van der Waals surface area contributed by atoms with Gasteiger partial charge >= 0.3 is 0 Å². The lowest BCUT2D eigenvalue weighted by Crippen LogP contribution is -2.40. The monoisotopic (exact) mass is 329 g/mol. The number of carbonyl (C=O) groups is 2. The summed E-state index contributed by atoms with van der Waals surface area (Å²) >= 11 is 0. The topological polar surface area (TPSA) is 102 Å². The third kappa shape index (κ3) is 3.60. The van der Waals surface area contributed by atoms with Crippen LogP contribution in [-0.2, 0) is 16.0 Å². The molecule has 1 aliphatic carbocycles. The van der Waals surface area contributed by atoms with E-state index in [-0.39, 0.29) is 18.0 Å². The van der Waals surface area contributed by atoms with Gasteiger partial charge in [0.25, 0.3) is 5.91 Å². The van der Waals surface area contributed by atoms with Crippen LogP contribution in [0.5, 0.6) is 0 Å². The van der Waals surface area contributed by atoms with Gasteiger partial charge in [-0.3, -0.25) is 9.59 Å². The molecule has 0 saturated heterocycles. The molecule has 1 saturated carbocycles. The van der Waals surface area contributed by atoms with Crippen molar-refractivity contribution in [3.63, 3.8) is 0 Å². The van der Waals surface area contributed by atoms with E-state index >= 15 is 0 Å². The Hall–Kier alpha value is -2.31. The number of hydrogen-bond donors (Lipinski definition) is 1. The lowest BCUT2D eigenvalue weighted by atomic mass is 9.86. The van der Waals surface area contributed by atoms with Crippen molar-refractivity contribution in [2.75, 3.05) is 7.05 Å². The van der Waals surface area contributed by atoms with Crippen LogP contribution in [0.4, 0.5) is 0 Å². The molecule has 128 valence electrons. The lowest BCUT2D eigenvalue weighted by molar-refractivity contribution is -0.130. The zero-order valence-electron chi connectivity index (χ0n) is 13.9. The molecular weight excluding hydrogens is 306 g/mol. The van der Waals surface area contributed by atoms with Crippen LogP contribution < -0.4 is 5.73 Å². The van der Waals surface area contributed by atoms with Gasteiger partial charge in [-0.25, -0.2) is 5.01 Å². The Bertz CT molecular complexity index is 649. The van der Waals surface area contributed by atoms with E-state index in [9.17, 15) is 9.59 Å². The largest absolute Gasteiger partial charge is 0.364 e. The smallest absolute Gasteiger partial charge is 0.265 e. The molecule has 1 unspecified atom stereocenters. The summed E-state index contributed by atoms with van der Waals surface area (Å²) in [6.45, 7) is 0. The number of rotatable bonds is 4. The molecule has 1 aromatic heterocycles. The van der Waals surface area contributed by atoms with Crippen molar-refractivity contribution < 1.29 is 9.59 Å². The number of nitrogens with two attached hydrogens (primary N) is 1. The van der Waals surface area contributed by atoms with Crippen LogP contribution >= 0.6 is 0 Å². The quantitative estimate of drug-likeness (QED) is 0.901. The first kappa shape index (κ1) is 16.5. The second kappa shape index (κ2) is 7.07. The van der Waals surface area contributed by atoms with Gasteiger partial charge in [0.2, 0.25) is 5.91 Å². The van der Waals surface area contributed by atoms with Crippen molar-refractivity contribution in [2.24, 2.45) is 16.8 Å². The average molecular weight is 329 g/mol. The Morgan fingerprint density at radius 1 is 1.25 bits per heavy atom. The molecule has 0 bridgehead atoms. The van der Waals surface area contributed by atoms with Crippen molar-refractivity contribution in [3.05, 3.63) is 23.5 Å². The molecule has 1 aliphatic heterocycles. The third-order valence-electron chi connectivity index (χ3n) is 4.90. The normalized spacial score (nSPS) is 22.4. The molecule has 1 atom stereocenters. The molecule has 0 spiro atoms. The van der Waals surface area contributed by atoms with Crippen LogP contribution in [0, 0.1) is 5.92 Å². The minimum atomic E-state index is -0.632. The van der Waals surface area contributed by atoms with Gasteiger partial charge in [-0.2, -0.15) is 15.3 Å². The fraction of sp³-hybridized carbons (Fsp3) is 0.588. The standard InChI is InChI=1S/C17H23N5O2/c1-22-15(23)10-13(16(21-22)17(18)24)14-8-7-12(19-20-14)9-11-5-3-2-4-6-11/h7-8,11,13H,2-6,9-10H2,1H3,(H2,18,24). The summed E-state index contributed by atoms with van der Waals surface area (Å²) in [6, 6.07) is 3.78. The highest BCUT2D eigenvalue weighted by Crippen LogP contribution is 2.27. The summed E-state index contributed by atoms with van der Waals surface area (Å²) in [5.41, 5.74) is 7.09. The highest BCUT2D eigenvalue weighted by atomic mass is 16.2. The Balaban J connectivity index is 1.75. The number of nitrogens with zero attached hydrogens (tertiary/aromatic N) is 4. The molecule has 3 rings (SSSR count). The molecule has 2 aliphatic rings. The van der Waals surface area contributed by atoms with Crippen molar-refractivity contribution in [1.82, 2.24) is 15.2 Å². The van der Waals surface area contributed by atoms with Crippen LogP contribution in [-0.4, -0.2) is 39.8 Å². The Morgan fingerprint density at radius 2 is 2.00 bits per heavy atom. The predicted molar refractivity (Wildman–Crippen MR) is 89.1 cm³/mol. The molecule has 0 aromatic carbocycles. The number of amides is 2. The Morgan fingerprint density at radius 3 is 2.62 bits per heavy atom. The summed E-state index contributed by atoms with van der Waals surface area (Å²) in [6.07, 6.45) is 7.52. The fourth-order valence-corrected chi connectivity index (χ4v) is 3.51. The van der Waals surface area contributed by atoms with Crippen LogP contribution in [0.3, 0.4) is 0 Å². The van der Waals surface area contributed by atoms with Crippen LogP contribution in [0.1, 0.15) is 55.8 Å². The van der Waals surface area contributed by atoms with E-state index in [0.717, 1.165) is 17.1 Å². The van der Waals surface area contributed by atoms with Gasteiger partial charge in [-0.15, -0.1) is 0 Å². The summed E-state index contributed by atoms with van der Waals surface area (Å²) in [7, 11) is 1.51. The molecule has 24 heavy (non-hydrogen) atoms. The maximum absolute atomic E-state index is 11.9. The van der Waals surface area contributed by atoms with E-state index in [2.05, 4.69) is 15.3 Å². The Labute approximate surface area is 141 Å². The van der Waals surface area contributed by atoms with Crippen molar-refractivity contribution in [2.45, 2.75) is 50.9 Å². The van der Waals surface area contributed by atoms with Gasteiger partial charge in [-0.1, -0.05) is 32.1 Å². The summed E-state index contributed by atoms with van der Waals surface area (Å²) in [4.78, 5) is 23.5. The zero-order valence-corrected chi connectivity index (χ0v) is 13.9. The third-order valence-corrected chi connectivity index (χ3v) is 4.90. The Kier molecular flexibility index (Phi) is 4.87. The maximum atomic E-state index is 11.9. The SMILES string of the molecule is CN1N=C(C(N)=O)C(c2ccc(CC3CCCCC3)nn2)CC1=O. The molecule has 2 heterocycles. The van der Waals surface area contributed by atoms with Crippen molar-refractivity contribution in [3.8, 4) is 0 Å². The number of aromatic nitrogens is 2. The van der Waals surface area contributed by atoms with Gasteiger partial charge in [-0.05, 0) is 24.5 Å². The summed E-state index contributed by atoms with van der Waals surface area (Å²) < 4.78 is 0. The van der Waals surface area contributed by atoms with E-state index in [1.165, 1.54) is 39.2 Å². The van der Waals surface area contributed by atoms with E-state index in [4.69, 9.17) is 5.73 Å². The van der Waals surface area contributed by atoms with Gasteiger partial charge in [0.15, 0.2) is 0 Å². The van der Waals surface area contributed by atoms with Crippen LogP contribution in [0.15, 0.2) is 17.2 Å². The average Bonchev–Trinajstić information content (AvgIpc) is 2.58. The predicted octanol–water partition coefficient (Wildman–Crippen LogP) is 1.39. The molecule has 1 fully saturated rings. The van der Waals surface area contributed by atoms with E-state index in [1.807, 2.05) is 12.1 Å². The molecule has 2 N–H and O–H groups in total. The number of hydrogen-bond acceptors (Lipinski definition) is 5. The highest BCUT2D eigenvalue weighted by molar-refractivity contribution is 6.41. The second-order valence-electron chi connectivity index (χ2n) is 6.68. The molecular formula is C17H23N5O2. The van der Waals surface area contributed by atoms with Crippen LogP contribution in [0.25, 0.3) is 0 Å². The van der Waals surface area contributed by atoms with Crippen LogP contribution in [0.2, 0.25) is 0 Å². The van der Waals surface area contributed by atoms with Gasteiger partial charge in [0.1, 0.15) is 5.71 Å². The minimum absolute atomic E-state index is 0.134. The van der Waals surface area contributed by atoms with Gasteiger partial charge < -0.3 is 5.73 Å². The van der Waals surface area contributed by atoms with Crippen molar-refractivity contribution in [1.29, 1.82) is 0 Å². The second-order valence-corrected chi connectivity index (χ2v) is 6.68. The fourth-order valence-electron chi connectivity index (χ4n) is 3.51. The maximum Gasteiger partial charge on any atom is 0.265 e. The summed E-state index contributed by atoms with van der Waals surface area (Å²) in [5.74, 6) is -0.625. The number of primary amides is 1. The molecule has 0 radical (unpaired) electrons. The van der Waals surface area contributed by atoms with Crippen molar-refractivity contribution >= 4 is 17.5 Å². The highest BCUT2D eigenvalue weighted by Gasteiger charge is 2.33. The van der Waals surface area contributed by atoms with E-state index in [0.29, 0.717) is 11.6 Å². The lowest BCUT2D eigenvalue weighted by Gasteiger charge is -2.25. The molecule has 1 aromatic rings. The molecule has 7 heteroatoms. The zero-order chi connectivity index (χ0) is 17.1. The first-order valence-electron chi connectivity index (χ1n) is 8.52. The first-order chi connectivity index (χ1) is 11.5.